The third kappa shape index (κ3) is 1.88. The number of carbonyl (C=O) groups is 1. The van der Waals surface area contributed by atoms with E-state index in [1.807, 2.05) is 6.92 Å². The molecule has 15 heavy (non-hydrogen) atoms. The van der Waals surface area contributed by atoms with E-state index >= 15 is 0 Å². The van der Waals surface area contributed by atoms with Crippen LogP contribution in [-0.4, -0.2) is 40.6 Å². The summed E-state index contributed by atoms with van der Waals surface area (Å²) in [5.41, 5.74) is 5.24. The van der Waals surface area contributed by atoms with E-state index in [1.54, 1.807) is 0 Å². The first kappa shape index (κ1) is 10.9. The van der Waals surface area contributed by atoms with Crippen molar-refractivity contribution in [2.24, 2.45) is 11.7 Å². The molecule has 2 fully saturated rings. The van der Waals surface area contributed by atoms with Crippen LogP contribution < -0.4 is 5.73 Å². The van der Waals surface area contributed by atoms with Crippen LogP contribution in [0.3, 0.4) is 0 Å². The normalized spacial score (nSPS) is 32.3. The minimum absolute atomic E-state index is 0.149. The number of piperidine rings is 1. The molecule has 1 aliphatic carbocycles. The molecule has 1 saturated carbocycles. The lowest BCUT2D eigenvalue weighted by atomic mass is 9.90. The van der Waals surface area contributed by atoms with Crippen molar-refractivity contribution in [2.45, 2.75) is 44.2 Å². The van der Waals surface area contributed by atoms with E-state index < -0.39 is 11.5 Å². The zero-order valence-electron chi connectivity index (χ0n) is 9.28. The zero-order chi connectivity index (χ0) is 11.1. The Labute approximate surface area is 90.4 Å². The molecule has 86 valence electrons. The average molecular weight is 212 g/mol. The predicted molar refractivity (Wildman–Crippen MR) is 57.5 cm³/mol. The molecule has 0 aromatic heterocycles. The zero-order valence-corrected chi connectivity index (χ0v) is 9.28. The third-order valence-corrected chi connectivity index (χ3v) is 3.92. The number of nitrogens with zero attached hydrogens (tertiary/aromatic N) is 1. The van der Waals surface area contributed by atoms with E-state index in [4.69, 9.17) is 5.73 Å². The second kappa shape index (κ2) is 3.76. The number of hydrogen-bond donors (Lipinski definition) is 2. The number of hydrogen-bond acceptors (Lipinski definition) is 3. The molecule has 1 saturated heterocycles. The SMILES string of the molecule is CC(C(=O)O)(C1CC1)N1CCCC(N)C1. The molecule has 2 rings (SSSR count). The van der Waals surface area contributed by atoms with Crippen LogP contribution >= 0.6 is 0 Å². The van der Waals surface area contributed by atoms with E-state index in [-0.39, 0.29) is 6.04 Å². The molecule has 0 spiro atoms. The van der Waals surface area contributed by atoms with Crippen LogP contribution in [0.25, 0.3) is 0 Å². The van der Waals surface area contributed by atoms with Gasteiger partial charge in [-0.25, -0.2) is 0 Å². The highest BCUT2D eigenvalue weighted by Crippen LogP contribution is 2.44. The summed E-state index contributed by atoms with van der Waals surface area (Å²) in [5, 5.41) is 9.40. The van der Waals surface area contributed by atoms with Crippen molar-refractivity contribution in [2.75, 3.05) is 13.1 Å². The number of carboxylic acid groups (broad SMARTS) is 1. The highest BCUT2D eigenvalue weighted by Gasteiger charge is 2.51. The number of aliphatic carboxylic acids is 1. The van der Waals surface area contributed by atoms with E-state index in [0.717, 1.165) is 38.8 Å². The maximum absolute atomic E-state index is 11.4. The van der Waals surface area contributed by atoms with Gasteiger partial charge in [0.15, 0.2) is 0 Å². The monoisotopic (exact) mass is 212 g/mol. The molecule has 0 aromatic carbocycles. The van der Waals surface area contributed by atoms with Crippen LogP contribution in [0.1, 0.15) is 32.6 Å². The number of likely N-dealkylation sites (tertiary alicyclic amines) is 1. The Morgan fingerprint density at radius 2 is 2.13 bits per heavy atom. The van der Waals surface area contributed by atoms with Gasteiger partial charge in [-0.05, 0) is 45.1 Å². The van der Waals surface area contributed by atoms with Crippen LogP contribution in [0.5, 0.6) is 0 Å². The largest absolute Gasteiger partial charge is 0.480 e. The van der Waals surface area contributed by atoms with Crippen molar-refractivity contribution in [3.63, 3.8) is 0 Å². The molecule has 1 heterocycles. The summed E-state index contributed by atoms with van der Waals surface area (Å²) >= 11 is 0. The first-order valence-electron chi connectivity index (χ1n) is 5.79. The first-order chi connectivity index (χ1) is 7.05. The molecule has 4 heteroatoms. The lowest BCUT2D eigenvalue weighted by Crippen LogP contribution is -2.59. The van der Waals surface area contributed by atoms with Crippen LogP contribution in [0, 0.1) is 5.92 Å². The van der Waals surface area contributed by atoms with Crippen molar-refractivity contribution in [3.05, 3.63) is 0 Å². The number of rotatable bonds is 3. The smallest absolute Gasteiger partial charge is 0.324 e. The summed E-state index contributed by atoms with van der Waals surface area (Å²) < 4.78 is 0. The second-order valence-corrected chi connectivity index (χ2v) is 5.08. The van der Waals surface area contributed by atoms with E-state index in [1.165, 1.54) is 0 Å². The van der Waals surface area contributed by atoms with Crippen LogP contribution in [0.2, 0.25) is 0 Å². The highest BCUT2D eigenvalue weighted by atomic mass is 16.4. The molecule has 2 atom stereocenters. The predicted octanol–water partition coefficient (Wildman–Crippen LogP) is 0.663. The molecule has 1 aliphatic heterocycles. The Bertz CT molecular complexity index is 265. The van der Waals surface area contributed by atoms with Gasteiger partial charge in [0.05, 0.1) is 0 Å². The number of nitrogens with two attached hydrogens (primary N) is 1. The van der Waals surface area contributed by atoms with Crippen molar-refractivity contribution in [3.8, 4) is 0 Å². The topological polar surface area (TPSA) is 66.6 Å². The van der Waals surface area contributed by atoms with E-state index in [9.17, 15) is 9.90 Å². The van der Waals surface area contributed by atoms with Gasteiger partial charge in [0, 0.05) is 12.6 Å². The molecule has 4 nitrogen and oxygen atoms in total. The fraction of sp³-hybridized carbons (Fsp3) is 0.909. The van der Waals surface area contributed by atoms with Gasteiger partial charge in [-0.1, -0.05) is 0 Å². The molecule has 0 aromatic rings. The highest BCUT2D eigenvalue weighted by molar-refractivity contribution is 5.79. The van der Waals surface area contributed by atoms with E-state index in [2.05, 4.69) is 4.90 Å². The standard InChI is InChI=1S/C11H20N2O2/c1-11(10(14)15,8-4-5-8)13-6-2-3-9(12)7-13/h8-9H,2-7,12H2,1H3,(H,14,15). The molecule has 3 N–H and O–H groups in total. The molecular weight excluding hydrogens is 192 g/mol. The second-order valence-electron chi connectivity index (χ2n) is 5.08. The third-order valence-electron chi connectivity index (χ3n) is 3.92. The fourth-order valence-corrected chi connectivity index (χ4v) is 2.65. The molecule has 2 unspecified atom stereocenters. The van der Waals surface area contributed by atoms with Gasteiger partial charge in [0.1, 0.15) is 5.54 Å². The minimum Gasteiger partial charge on any atom is -0.480 e. The van der Waals surface area contributed by atoms with Crippen molar-refractivity contribution in [1.29, 1.82) is 0 Å². The quantitative estimate of drug-likeness (QED) is 0.721. The molecule has 0 bridgehead atoms. The maximum Gasteiger partial charge on any atom is 0.324 e. The summed E-state index contributed by atoms with van der Waals surface area (Å²) in [7, 11) is 0. The van der Waals surface area contributed by atoms with Crippen LogP contribution in [0.4, 0.5) is 0 Å². The van der Waals surface area contributed by atoms with Crippen LogP contribution in [-0.2, 0) is 4.79 Å². The van der Waals surface area contributed by atoms with Gasteiger partial charge in [-0.3, -0.25) is 9.69 Å². The van der Waals surface area contributed by atoms with Gasteiger partial charge in [0.2, 0.25) is 0 Å². The molecule has 0 radical (unpaired) electrons. The molecule has 2 aliphatic rings. The Morgan fingerprint density at radius 1 is 1.47 bits per heavy atom. The van der Waals surface area contributed by atoms with Crippen LogP contribution in [0.15, 0.2) is 0 Å². The summed E-state index contributed by atoms with van der Waals surface area (Å²) in [4.78, 5) is 13.5. The average Bonchev–Trinajstić information content (AvgIpc) is 2.99. The van der Waals surface area contributed by atoms with Crippen molar-refractivity contribution in [1.82, 2.24) is 4.90 Å². The van der Waals surface area contributed by atoms with E-state index in [0.29, 0.717) is 5.92 Å². The summed E-state index contributed by atoms with van der Waals surface area (Å²) in [5.74, 6) is -0.348. The lowest BCUT2D eigenvalue weighted by Gasteiger charge is -2.42. The fourth-order valence-electron chi connectivity index (χ4n) is 2.65. The Kier molecular flexibility index (Phi) is 2.73. The Morgan fingerprint density at radius 3 is 2.60 bits per heavy atom. The summed E-state index contributed by atoms with van der Waals surface area (Å²) in [6, 6.07) is 0.149. The van der Waals surface area contributed by atoms with Gasteiger partial charge in [-0.15, -0.1) is 0 Å². The van der Waals surface area contributed by atoms with Gasteiger partial charge < -0.3 is 10.8 Å². The molecule has 0 amide bonds. The maximum atomic E-state index is 11.4. The minimum atomic E-state index is -0.681. The van der Waals surface area contributed by atoms with Crippen molar-refractivity contribution >= 4 is 5.97 Å². The summed E-state index contributed by atoms with van der Waals surface area (Å²) in [6.45, 7) is 3.48. The first-order valence-corrected chi connectivity index (χ1v) is 5.79. The molecular formula is C11H20N2O2. The van der Waals surface area contributed by atoms with Gasteiger partial charge >= 0.3 is 5.97 Å². The lowest BCUT2D eigenvalue weighted by molar-refractivity contribution is -0.153. The summed E-state index contributed by atoms with van der Waals surface area (Å²) in [6.07, 6.45) is 4.15. The van der Waals surface area contributed by atoms with Gasteiger partial charge in [0.25, 0.3) is 0 Å². The Balaban J connectivity index is 2.13. The van der Waals surface area contributed by atoms with Gasteiger partial charge in [-0.2, -0.15) is 0 Å². The van der Waals surface area contributed by atoms with Crippen molar-refractivity contribution < 1.29 is 9.90 Å². The number of carboxylic acids is 1. The Hall–Kier alpha value is -0.610.